The molecule has 5 N–H and O–H groups in total. The van der Waals surface area contributed by atoms with Crippen LogP contribution in [0.3, 0.4) is 0 Å². The minimum Gasteiger partial charge on any atom is -0.459 e. The normalized spacial score (nSPS) is 51.1. The number of rotatable bonds is 2. The summed E-state index contributed by atoms with van der Waals surface area (Å²) in [5.41, 5.74) is -3.16. The molecule has 0 aromatic rings. The Morgan fingerprint density at radius 2 is 1.58 bits per heavy atom. The second-order valence-electron chi connectivity index (χ2n) is 13.1. The van der Waals surface area contributed by atoms with Gasteiger partial charge in [-0.3, -0.25) is 4.79 Å². The molecule has 0 aromatic heterocycles. The van der Waals surface area contributed by atoms with Gasteiger partial charge in [0.05, 0.1) is 35.9 Å². The third-order valence-corrected chi connectivity index (χ3v) is 9.57. The zero-order chi connectivity index (χ0) is 29.3. The molecule has 2 aliphatic rings. The number of carbonyl (C=O) groups excluding carboxylic acids is 1. The maximum atomic E-state index is 13.6. The minimum atomic E-state index is -1.71. The third kappa shape index (κ3) is 7.09. The van der Waals surface area contributed by atoms with Gasteiger partial charge in [0.15, 0.2) is 0 Å². The quantitative estimate of drug-likeness (QED) is 0.329. The molecule has 0 aliphatic carbocycles. The number of nitrogens with zero attached hydrogens (tertiary/aromatic N) is 1. The molecule has 0 bridgehead atoms. The highest BCUT2D eigenvalue weighted by atomic mass is 16.6. The number of hydrogen-bond donors (Lipinski definition) is 5. The van der Waals surface area contributed by atoms with Crippen molar-refractivity contribution in [2.45, 2.75) is 135 Å². The van der Waals surface area contributed by atoms with E-state index < -0.39 is 77.6 Å². The van der Waals surface area contributed by atoms with Gasteiger partial charge in [-0.2, -0.15) is 0 Å². The summed E-state index contributed by atoms with van der Waals surface area (Å²) in [6.45, 7) is 16.5. The molecular weight excluding hydrogens is 490 g/mol. The predicted octanol–water partition coefficient (Wildman–Crippen LogP) is 1.95. The average molecular weight is 546 g/mol. The Morgan fingerprint density at radius 3 is 2.11 bits per heavy atom. The fourth-order valence-corrected chi connectivity index (χ4v) is 7.01. The summed E-state index contributed by atoms with van der Waals surface area (Å²) in [5, 5.41) is 56.1. The van der Waals surface area contributed by atoms with Crippen LogP contribution in [0.4, 0.5) is 0 Å². The number of likely N-dealkylation sites (N-methyl/N-ethyl adjacent to an activating group) is 1. The SMILES string of the molecule is CC[C@H]1OC(=O)[C@H](C)C([C@H]2C[C@H](C)[C@@H](O)[C@H](C)O2)[C@H](C)[C@@H](O)[C@](C)(O)C[C@@H](C)CN(C)[C@H](C)[C@@H](O)[C@]1(C)O. The van der Waals surface area contributed by atoms with Crippen LogP contribution in [0.1, 0.15) is 81.6 Å². The summed E-state index contributed by atoms with van der Waals surface area (Å²) in [7, 11) is 1.84. The topological polar surface area (TPSA) is 140 Å². The second-order valence-corrected chi connectivity index (χ2v) is 13.1. The number of cyclic esters (lactones) is 1. The van der Waals surface area contributed by atoms with Crippen molar-refractivity contribution in [1.82, 2.24) is 4.90 Å². The van der Waals surface area contributed by atoms with Crippen LogP contribution in [-0.4, -0.2) is 104 Å². The molecule has 0 spiro atoms. The van der Waals surface area contributed by atoms with Gasteiger partial charge in [-0.05, 0) is 71.8 Å². The van der Waals surface area contributed by atoms with E-state index in [4.69, 9.17) is 9.47 Å². The summed E-state index contributed by atoms with van der Waals surface area (Å²) < 4.78 is 12.1. The average Bonchev–Trinajstić information content (AvgIpc) is 2.82. The third-order valence-electron chi connectivity index (χ3n) is 9.57. The van der Waals surface area contributed by atoms with Gasteiger partial charge in [0, 0.05) is 18.5 Å². The van der Waals surface area contributed by atoms with Gasteiger partial charge in [-0.1, -0.05) is 34.6 Å². The van der Waals surface area contributed by atoms with E-state index in [1.807, 2.05) is 39.6 Å². The maximum absolute atomic E-state index is 13.6. The zero-order valence-corrected chi connectivity index (χ0v) is 25.2. The first-order valence-corrected chi connectivity index (χ1v) is 14.4. The minimum absolute atomic E-state index is 0.0431. The van der Waals surface area contributed by atoms with Gasteiger partial charge < -0.3 is 39.9 Å². The lowest BCUT2D eigenvalue weighted by molar-refractivity contribution is -0.202. The lowest BCUT2D eigenvalue weighted by atomic mass is 9.69. The number of ether oxygens (including phenoxy) is 2. The summed E-state index contributed by atoms with van der Waals surface area (Å²) in [6.07, 6.45) is -3.80. The van der Waals surface area contributed by atoms with Crippen molar-refractivity contribution in [2.75, 3.05) is 13.6 Å². The Morgan fingerprint density at radius 1 is 1.00 bits per heavy atom. The van der Waals surface area contributed by atoms with Crippen molar-refractivity contribution in [1.29, 1.82) is 0 Å². The standard InChI is InChI=1S/C29H55NO8/c1-11-22-29(9,36)26(33)19(6)30(10)14-15(2)13-28(8,35)25(32)17(4)23(18(5)27(34)38-22)21-12-16(3)24(31)20(7)37-21/h15-26,31-33,35-36H,11-14H2,1-10H3/t15-,16+,17+,18-,19-,20+,21-,22-,23?,24-,25-,26-,28-,29-/m1/s1. The van der Waals surface area contributed by atoms with Crippen LogP contribution in [0.2, 0.25) is 0 Å². The monoisotopic (exact) mass is 545 g/mol. The van der Waals surface area contributed by atoms with Crippen LogP contribution in [0.15, 0.2) is 0 Å². The molecule has 38 heavy (non-hydrogen) atoms. The number of aliphatic hydroxyl groups is 5. The van der Waals surface area contributed by atoms with Gasteiger partial charge in [0.1, 0.15) is 17.8 Å². The molecule has 2 fully saturated rings. The first-order chi connectivity index (χ1) is 17.4. The number of esters is 1. The predicted molar refractivity (Wildman–Crippen MR) is 145 cm³/mol. The highest BCUT2D eigenvalue weighted by molar-refractivity contribution is 5.73. The number of aliphatic hydroxyl groups excluding tert-OH is 3. The molecule has 0 saturated carbocycles. The molecule has 0 amide bonds. The molecule has 0 radical (unpaired) electrons. The molecule has 2 rings (SSSR count). The molecule has 1 unspecified atom stereocenters. The van der Waals surface area contributed by atoms with Crippen LogP contribution in [-0.2, 0) is 14.3 Å². The molecule has 9 heteroatoms. The van der Waals surface area contributed by atoms with E-state index in [1.54, 1.807) is 27.7 Å². The van der Waals surface area contributed by atoms with E-state index in [0.717, 1.165) is 0 Å². The van der Waals surface area contributed by atoms with Gasteiger partial charge in [-0.15, -0.1) is 0 Å². The van der Waals surface area contributed by atoms with E-state index >= 15 is 0 Å². The summed E-state index contributed by atoms with van der Waals surface area (Å²) in [5.74, 6) is -2.52. The van der Waals surface area contributed by atoms with Crippen LogP contribution in [0, 0.1) is 29.6 Å². The molecule has 2 saturated heterocycles. The van der Waals surface area contributed by atoms with E-state index in [1.165, 1.54) is 6.92 Å². The highest BCUT2D eigenvalue weighted by Crippen LogP contribution is 2.41. The van der Waals surface area contributed by atoms with Crippen LogP contribution < -0.4 is 0 Å². The first-order valence-electron chi connectivity index (χ1n) is 14.4. The van der Waals surface area contributed by atoms with Crippen molar-refractivity contribution in [3.8, 4) is 0 Å². The Kier molecular flexibility index (Phi) is 11.2. The Hall–Kier alpha value is -0.810. The first kappa shape index (κ1) is 33.4. The van der Waals surface area contributed by atoms with Crippen molar-refractivity contribution in [3.63, 3.8) is 0 Å². The second kappa shape index (κ2) is 12.8. The van der Waals surface area contributed by atoms with Gasteiger partial charge in [0.2, 0.25) is 0 Å². The van der Waals surface area contributed by atoms with E-state index in [9.17, 15) is 30.3 Å². The molecule has 224 valence electrons. The highest BCUT2D eigenvalue weighted by Gasteiger charge is 2.50. The molecule has 0 aromatic carbocycles. The smallest absolute Gasteiger partial charge is 0.309 e. The molecule has 9 nitrogen and oxygen atoms in total. The number of carbonyl (C=O) groups is 1. The fourth-order valence-electron chi connectivity index (χ4n) is 7.01. The summed E-state index contributed by atoms with van der Waals surface area (Å²) in [6, 6.07) is -0.464. The van der Waals surface area contributed by atoms with E-state index in [2.05, 4.69) is 0 Å². The Labute approximate surface area is 229 Å². The van der Waals surface area contributed by atoms with Crippen LogP contribution in [0.5, 0.6) is 0 Å². The molecular formula is C29H55NO8. The lowest BCUT2D eigenvalue weighted by Crippen LogP contribution is -2.59. The van der Waals surface area contributed by atoms with E-state index in [0.29, 0.717) is 25.8 Å². The molecule has 2 aliphatic heterocycles. The zero-order valence-electron chi connectivity index (χ0n) is 25.2. The van der Waals surface area contributed by atoms with Crippen molar-refractivity contribution >= 4 is 5.97 Å². The molecule has 14 atom stereocenters. The maximum Gasteiger partial charge on any atom is 0.309 e. The molecule has 2 heterocycles. The van der Waals surface area contributed by atoms with Crippen LogP contribution >= 0.6 is 0 Å². The van der Waals surface area contributed by atoms with Crippen LogP contribution in [0.25, 0.3) is 0 Å². The van der Waals surface area contributed by atoms with Gasteiger partial charge >= 0.3 is 5.97 Å². The van der Waals surface area contributed by atoms with Gasteiger partial charge in [0.25, 0.3) is 0 Å². The van der Waals surface area contributed by atoms with Crippen molar-refractivity contribution < 1.29 is 39.8 Å². The number of hydrogen-bond acceptors (Lipinski definition) is 9. The fraction of sp³-hybridized carbons (Fsp3) is 0.966. The largest absolute Gasteiger partial charge is 0.459 e. The summed E-state index contributed by atoms with van der Waals surface area (Å²) in [4.78, 5) is 15.5. The Bertz CT molecular complexity index is 764. The summed E-state index contributed by atoms with van der Waals surface area (Å²) >= 11 is 0. The van der Waals surface area contributed by atoms with Crippen molar-refractivity contribution in [3.05, 3.63) is 0 Å². The van der Waals surface area contributed by atoms with Crippen molar-refractivity contribution in [2.24, 2.45) is 29.6 Å². The van der Waals surface area contributed by atoms with E-state index in [-0.39, 0.29) is 11.8 Å². The lowest BCUT2D eigenvalue weighted by Gasteiger charge is -2.46. The Balaban J connectivity index is 2.57. The van der Waals surface area contributed by atoms with Gasteiger partial charge in [-0.25, -0.2) is 0 Å².